The van der Waals surface area contributed by atoms with Crippen LogP contribution in [0.4, 0.5) is 5.82 Å². The van der Waals surface area contributed by atoms with E-state index in [1.54, 1.807) is 42.7 Å². The summed E-state index contributed by atoms with van der Waals surface area (Å²) in [5, 5.41) is 6.36. The number of amides is 1. The highest BCUT2D eigenvalue weighted by molar-refractivity contribution is 6.01. The summed E-state index contributed by atoms with van der Waals surface area (Å²) in [5.41, 5.74) is 0.837. The van der Waals surface area contributed by atoms with E-state index in [4.69, 9.17) is 8.94 Å². The molecule has 0 aliphatic carbocycles. The molecule has 3 aromatic heterocycles. The van der Waals surface area contributed by atoms with Crippen LogP contribution in [0.2, 0.25) is 0 Å². The first-order valence-corrected chi connectivity index (χ1v) is 6.21. The maximum absolute atomic E-state index is 11.8. The predicted octanol–water partition coefficient (Wildman–Crippen LogP) is 2.98. The molecule has 0 saturated heterocycles. The number of anilines is 1. The number of hydrogen-bond donors (Lipinski definition) is 1. The average Bonchev–Trinajstić information content (AvgIpc) is 3.17. The number of carbonyl (C=O) groups excluding carboxylic acids is 1. The molecule has 0 spiro atoms. The van der Waals surface area contributed by atoms with E-state index in [9.17, 15) is 4.79 Å². The average molecular weight is 281 g/mol. The fourth-order valence-corrected chi connectivity index (χ4v) is 1.68. The molecule has 1 N–H and O–H groups in total. The molecule has 3 rings (SSSR count). The summed E-state index contributed by atoms with van der Waals surface area (Å²) in [6.07, 6.45) is 7.93. The van der Waals surface area contributed by atoms with Crippen LogP contribution in [0.25, 0.3) is 17.6 Å². The molecule has 3 heterocycles. The van der Waals surface area contributed by atoms with Crippen molar-refractivity contribution in [2.75, 3.05) is 5.32 Å². The van der Waals surface area contributed by atoms with Crippen molar-refractivity contribution in [3.63, 3.8) is 0 Å². The zero-order valence-corrected chi connectivity index (χ0v) is 10.9. The van der Waals surface area contributed by atoms with Crippen LogP contribution >= 0.6 is 0 Å². The lowest BCUT2D eigenvalue weighted by atomic mass is 10.2. The topological polar surface area (TPSA) is 81.2 Å². The van der Waals surface area contributed by atoms with Crippen molar-refractivity contribution < 1.29 is 13.7 Å². The Kier molecular flexibility index (Phi) is 3.60. The molecular weight excluding hydrogens is 270 g/mol. The molecule has 0 aromatic carbocycles. The Balaban J connectivity index is 1.64. The third-order valence-corrected chi connectivity index (χ3v) is 2.64. The smallest absolute Gasteiger partial charge is 0.249 e. The van der Waals surface area contributed by atoms with Gasteiger partial charge in [-0.25, -0.2) is 0 Å². The third-order valence-electron chi connectivity index (χ3n) is 2.64. The van der Waals surface area contributed by atoms with E-state index in [-0.39, 0.29) is 5.91 Å². The summed E-state index contributed by atoms with van der Waals surface area (Å²) in [4.78, 5) is 15.7. The predicted molar refractivity (Wildman–Crippen MR) is 76.1 cm³/mol. The molecule has 0 atom stereocenters. The summed E-state index contributed by atoms with van der Waals surface area (Å²) in [7, 11) is 0. The second kappa shape index (κ2) is 5.87. The Morgan fingerprint density at radius 1 is 1.24 bits per heavy atom. The quantitative estimate of drug-likeness (QED) is 0.743. The molecule has 0 fully saturated rings. The van der Waals surface area contributed by atoms with Gasteiger partial charge in [-0.2, -0.15) is 0 Å². The highest BCUT2D eigenvalue weighted by atomic mass is 16.5. The monoisotopic (exact) mass is 281 g/mol. The summed E-state index contributed by atoms with van der Waals surface area (Å²) in [5.74, 6) is 1.01. The van der Waals surface area contributed by atoms with Crippen molar-refractivity contribution in [1.82, 2.24) is 10.1 Å². The number of carbonyl (C=O) groups is 1. The zero-order valence-electron chi connectivity index (χ0n) is 10.9. The zero-order chi connectivity index (χ0) is 14.5. The first kappa shape index (κ1) is 12.9. The molecule has 6 heteroatoms. The maximum atomic E-state index is 11.8. The van der Waals surface area contributed by atoms with E-state index in [0.717, 1.165) is 5.56 Å². The first-order valence-electron chi connectivity index (χ1n) is 6.21. The van der Waals surface area contributed by atoms with Gasteiger partial charge >= 0.3 is 0 Å². The normalized spacial score (nSPS) is 10.9. The van der Waals surface area contributed by atoms with Crippen LogP contribution < -0.4 is 5.32 Å². The molecule has 104 valence electrons. The van der Waals surface area contributed by atoms with Gasteiger partial charge in [0.2, 0.25) is 11.7 Å². The fourth-order valence-electron chi connectivity index (χ4n) is 1.68. The standard InChI is InChI=1S/C15H11N3O3/c19-15(6-5-11-3-1-7-16-10-11)17-14-9-13(21-18-14)12-4-2-8-20-12/h1-10H,(H,17,18,19)/b6-5-. The van der Waals surface area contributed by atoms with Crippen molar-refractivity contribution in [3.8, 4) is 11.5 Å². The van der Waals surface area contributed by atoms with Gasteiger partial charge in [-0.1, -0.05) is 11.2 Å². The van der Waals surface area contributed by atoms with Gasteiger partial charge < -0.3 is 14.3 Å². The highest BCUT2D eigenvalue weighted by Gasteiger charge is 2.09. The third kappa shape index (κ3) is 3.24. The minimum atomic E-state index is -0.307. The molecule has 21 heavy (non-hydrogen) atoms. The number of rotatable bonds is 4. The lowest BCUT2D eigenvalue weighted by molar-refractivity contribution is -0.111. The fraction of sp³-hybridized carbons (Fsp3) is 0. The number of nitrogens with one attached hydrogen (secondary N) is 1. The number of hydrogen-bond acceptors (Lipinski definition) is 5. The molecular formula is C15H11N3O3. The summed E-state index contributed by atoms with van der Waals surface area (Å²) < 4.78 is 10.3. The molecule has 1 amide bonds. The van der Waals surface area contributed by atoms with E-state index >= 15 is 0 Å². The minimum absolute atomic E-state index is 0.307. The molecule has 6 nitrogen and oxygen atoms in total. The Bertz CT molecular complexity index is 746. The van der Waals surface area contributed by atoms with Crippen LogP contribution in [0, 0.1) is 0 Å². The van der Waals surface area contributed by atoms with E-state index in [1.165, 1.54) is 12.3 Å². The Morgan fingerprint density at radius 3 is 2.95 bits per heavy atom. The van der Waals surface area contributed by atoms with Crippen molar-refractivity contribution in [2.45, 2.75) is 0 Å². The van der Waals surface area contributed by atoms with E-state index in [2.05, 4.69) is 15.5 Å². The van der Waals surface area contributed by atoms with Gasteiger partial charge in [0, 0.05) is 24.5 Å². The van der Waals surface area contributed by atoms with Gasteiger partial charge in [0.05, 0.1) is 6.26 Å². The van der Waals surface area contributed by atoms with Gasteiger partial charge in [-0.3, -0.25) is 9.78 Å². The summed E-state index contributed by atoms with van der Waals surface area (Å²) in [6, 6.07) is 8.72. The van der Waals surface area contributed by atoms with E-state index < -0.39 is 0 Å². The number of aromatic nitrogens is 2. The molecule has 0 bridgehead atoms. The van der Waals surface area contributed by atoms with Gasteiger partial charge in [-0.15, -0.1) is 0 Å². The molecule has 0 saturated carbocycles. The number of nitrogens with zero attached hydrogens (tertiary/aromatic N) is 2. The second-order valence-electron chi connectivity index (χ2n) is 4.16. The maximum Gasteiger partial charge on any atom is 0.249 e. The van der Waals surface area contributed by atoms with Gasteiger partial charge in [-0.05, 0) is 29.8 Å². The summed E-state index contributed by atoms with van der Waals surface area (Å²) >= 11 is 0. The van der Waals surface area contributed by atoms with Crippen LogP contribution in [0.1, 0.15) is 5.56 Å². The first-order chi connectivity index (χ1) is 10.3. The van der Waals surface area contributed by atoms with Crippen LogP contribution in [-0.2, 0) is 4.79 Å². The lowest BCUT2D eigenvalue weighted by Gasteiger charge is -1.94. The second-order valence-corrected chi connectivity index (χ2v) is 4.16. The lowest BCUT2D eigenvalue weighted by Crippen LogP contribution is -2.07. The Hall–Kier alpha value is -3.15. The van der Waals surface area contributed by atoms with Crippen LogP contribution in [0.5, 0.6) is 0 Å². The number of pyridine rings is 1. The van der Waals surface area contributed by atoms with Gasteiger partial charge in [0.1, 0.15) is 0 Å². The highest BCUT2D eigenvalue weighted by Crippen LogP contribution is 2.22. The van der Waals surface area contributed by atoms with Crippen molar-refractivity contribution in [3.05, 3.63) is 60.6 Å². The van der Waals surface area contributed by atoms with Gasteiger partial charge in [0.15, 0.2) is 11.6 Å². The molecule has 0 unspecified atom stereocenters. The van der Waals surface area contributed by atoms with E-state index in [0.29, 0.717) is 17.3 Å². The Labute approximate surface area is 120 Å². The van der Waals surface area contributed by atoms with Crippen LogP contribution in [0.15, 0.2) is 64.0 Å². The van der Waals surface area contributed by atoms with Gasteiger partial charge in [0.25, 0.3) is 0 Å². The molecule has 0 aliphatic rings. The Morgan fingerprint density at radius 2 is 2.19 bits per heavy atom. The van der Waals surface area contributed by atoms with Crippen LogP contribution in [0.3, 0.4) is 0 Å². The van der Waals surface area contributed by atoms with Crippen molar-refractivity contribution in [1.29, 1.82) is 0 Å². The molecule has 3 aromatic rings. The van der Waals surface area contributed by atoms with E-state index in [1.807, 2.05) is 6.07 Å². The van der Waals surface area contributed by atoms with Crippen LogP contribution in [-0.4, -0.2) is 16.0 Å². The largest absolute Gasteiger partial charge is 0.461 e. The summed E-state index contributed by atoms with van der Waals surface area (Å²) in [6.45, 7) is 0. The molecule has 0 aliphatic heterocycles. The minimum Gasteiger partial charge on any atom is -0.461 e. The molecule has 0 radical (unpaired) electrons. The van der Waals surface area contributed by atoms with Crippen molar-refractivity contribution >= 4 is 17.8 Å². The van der Waals surface area contributed by atoms with Crippen molar-refractivity contribution in [2.24, 2.45) is 0 Å². The SMILES string of the molecule is O=C(/C=C\c1cccnc1)Nc1cc(-c2ccco2)on1. The number of furan rings is 1.